The van der Waals surface area contributed by atoms with Gasteiger partial charge in [-0.25, -0.2) is 13.8 Å². The number of hydrogen-bond donors (Lipinski definition) is 1. The molecule has 0 amide bonds. The van der Waals surface area contributed by atoms with Crippen LogP contribution < -0.4 is 4.90 Å². The van der Waals surface area contributed by atoms with Crippen molar-refractivity contribution in [3.05, 3.63) is 47.1 Å². The summed E-state index contributed by atoms with van der Waals surface area (Å²) in [5, 5.41) is 1.87. The van der Waals surface area contributed by atoms with E-state index >= 15 is 0 Å². The van der Waals surface area contributed by atoms with Crippen molar-refractivity contribution >= 4 is 33.2 Å². The first kappa shape index (κ1) is 22.9. The van der Waals surface area contributed by atoms with Gasteiger partial charge in [0.1, 0.15) is 0 Å². The summed E-state index contributed by atoms with van der Waals surface area (Å²) in [5.41, 5.74) is 1.96. The molecule has 1 atom stereocenters. The zero-order valence-electron chi connectivity index (χ0n) is 18.6. The van der Waals surface area contributed by atoms with Crippen LogP contribution in [-0.2, 0) is 6.42 Å². The number of hydrogen-bond acceptors (Lipinski definition) is 5. The lowest BCUT2D eigenvalue weighted by atomic mass is 9.88. The van der Waals surface area contributed by atoms with Crippen LogP contribution in [0.4, 0.5) is 13.9 Å². The van der Waals surface area contributed by atoms with Gasteiger partial charge in [-0.2, -0.15) is 0 Å². The Labute approximate surface area is 191 Å². The molecule has 1 saturated heterocycles. The lowest BCUT2D eigenvalue weighted by Crippen LogP contribution is -2.44. The molecule has 0 aliphatic carbocycles. The first-order valence-electron chi connectivity index (χ1n) is 11.2. The maximum Gasteiger partial charge on any atom is 0.248 e. The van der Waals surface area contributed by atoms with E-state index < -0.39 is 11.8 Å². The van der Waals surface area contributed by atoms with E-state index in [9.17, 15) is 13.6 Å². The number of H-pyrrole nitrogens is 1. The third kappa shape index (κ3) is 5.35. The fourth-order valence-corrected chi connectivity index (χ4v) is 5.21. The Morgan fingerprint density at radius 2 is 2.00 bits per heavy atom. The Bertz CT molecular complexity index is 1060. The molecule has 1 aliphatic rings. The predicted molar refractivity (Wildman–Crippen MR) is 126 cm³/mol. The first-order valence-corrected chi connectivity index (χ1v) is 12.0. The molecule has 4 rings (SSSR count). The molecule has 2 aromatic heterocycles. The number of thiazole rings is 1. The maximum atomic E-state index is 14.3. The molecule has 0 spiro atoms. The summed E-state index contributed by atoms with van der Waals surface area (Å²) >= 11 is 1.38. The smallest absolute Gasteiger partial charge is 0.248 e. The summed E-state index contributed by atoms with van der Waals surface area (Å²) in [5.74, 6) is -3.32. The molecule has 1 N–H and O–H groups in total. The topological polar surface area (TPSA) is 52.2 Å². The van der Waals surface area contributed by atoms with Crippen LogP contribution in [0.5, 0.6) is 0 Å². The summed E-state index contributed by atoms with van der Waals surface area (Å²) in [6, 6.07) is 7.84. The third-order valence-electron chi connectivity index (χ3n) is 6.30. The molecule has 0 saturated carbocycles. The number of carbonyl (C=O) groups excluding carboxylic acids is 1. The lowest BCUT2D eigenvalue weighted by Gasteiger charge is -2.32. The number of halogens is 2. The standard InChI is InChI=1S/C24H30F2N4OS/c1-3-24(25,26)14-17(12-18-15-27-20-7-5-4-6-19(18)20)13-21(31)22-16-28-23(32-22)30-10-8-29(2)9-11-30/h4-7,15-17,27H,3,8-14H2,1-2H3. The molecule has 0 bridgehead atoms. The number of aromatic nitrogens is 2. The number of nitrogens with zero attached hydrogens (tertiary/aromatic N) is 3. The highest BCUT2D eigenvalue weighted by molar-refractivity contribution is 7.17. The van der Waals surface area contributed by atoms with Crippen LogP contribution in [-0.4, -0.2) is 59.8 Å². The van der Waals surface area contributed by atoms with Crippen molar-refractivity contribution < 1.29 is 13.6 Å². The van der Waals surface area contributed by atoms with Crippen molar-refractivity contribution in [2.75, 3.05) is 38.1 Å². The average molecular weight is 461 g/mol. The van der Waals surface area contributed by atoms with Gasteiger partial charge in [0.05, 0.1) is 11.1 Å². The second-order valence-electron chi connectivity index (χ2n) is 8.77. The van der Waals surface area contributed by atoms with Crippen LogP contribution in [0.15, 0.2) is 36.7 Å². The largest absolute Gasteiger partial charge is 0.361 e. The fraction of sp³-hybridized carbons (Fsp3) is 0.500. The molecule has 1 aliphatic heterocycles. The second-order valence-corrected chi connectivity index (χ2v) is 9.78. The molecule has 0 radical (unpaired) electrons. The van der Waals surface area contributed by atoms with Crippen molar-refractivity contribution in [1.29, 1.82) is 0 Å². The number of para-hydroxylation sites is 1. The zero-order chi connectivity index (χ0) is 22.7. The average Bonchev–Trinajstić information content (AvgIpc) is 3.42. The number of aromatic amines is 1. The Morgan fingerprint density at radius 3 is 2.75 bits per heavy atom. The molecule has 1 aromatic carbocycles. The Hall–Kier alpha value is -2.32. The maximum absolute atomic E-state index is 14.3. The number of nitrogens with one attached hydrogen (secondary N) is 1. The van der Waals surface area contributed by atoms with Gasteiger partial charge >= 0.3 is 0 Å². The Balaban J connectivity index is 1.48. The lowest BCUT2D eigenvalue weighted by molar-refractivity contribution is -0.0265. The predicted octanol–water partition coefficient (Wildman–Crippen LogP) is 5.24. The van der Waals surface area contributed by atoms with Crippen LogP contribution in [0.1, 0.15) is 41.4 Å². The molecule has 5 nitrogen and oxygen atoms in total. The van der Waals surface area contributed by atoms with Gasteiger partial charge in [-0.05, 0) is 31.0 Å². The Kier molecular flexibility index (Phi) is 6.90. The number of Topliss-reactive ketones (excluding diaryl/α,β-unsaturated/α-hetero) is 1. The summed E-state index contributed by atoms with van der Waals surface area (Å²) < 4.78 is 28.7. The third-order valence-corrected chi connectivity index (χ3v) is 7.40. The van der Waals surface area contributed by atoms with Crippen molar-refractivity contribution in [3.63, 3.8) is 0 Å². The van der Waals surface area contributed by atoms with Gasteiger partial charge in [0.2, 0.25) is 5.92 Å². The van der Waals surface area contributed by atoms with Gasteiger partial charge in [0.25, 0.3) is 0 Å². The monoisotopic (exact) mass is 460 g/mol. The highest BCUT2D eigenvalue weighted by Gasteiger charge is 2.32. The minimum absolute atomic E-state index is 0.0967. The van der Waals surface area contributed by atoms with E-state index in [0.717, 1.165) is 47.8 Å². The quantitative estimate of drug-likeness (QED) is 0.444. The van der Waals surface area contributed by atoms with E-state index in [-0.39, 0.29) is 25.0 Å². The zero-order valence-corrected chi connectivity index (χ0v) is 19.4. The van der Waals surface area contributed by atoms with Crippen molar-refractivity contribution in [3.8, 4) is 0 Å². The SMILES string of the molecule is CCC(F)(F)CC(CC(=O)c1cnc(N2CCN(C)CC2)s1)Cc1c[nH]c2ccccc12. The highest BCUT2D eigenvalue weighted by Crippen LogP contribution is 2.34. The molecule has 1 unspecified atom stereocenters. The minimum atomic E-state index is -2.78. The minimum Gasteiger partial charge on any atom is -0.361 e. The van der Waals surface area contributed by atoms with Crippen LogP contribution >= 0.6 is 11.3 Å². The number of fused-ring (bicyclic) bond motifs is 1. The van der Waals surface area contributed by atoms with Gasteiger partial charge < -0.3 is 14.8 Å². The number of piperazine rings is 1. The number of anilines is 1. The normalized spacial score (nSPS) is 16.6. The van der Waals surface area contributed by atoms with Gasteiger partial charge in [0.15, 0.2) is 10.9 Å². The fourth-order valence-electron chi connectivity index (χ4n) is 4.30. The van der Waals surface area contributed by atoms with Crippen molar-refractivity contribution in [1.82, 2.24) is 14.9 Å². The summed E-state index contributed by atoms with van der Waals surface area (Å²) in [7, 11) is 2.09. The number of rotatable bonds is 9. The molecule has 3 heterocycles. The van der Waals surface area contributed by atoms with Crippen molar-refractivity contribution in [2.45, 2.75) is 38.5 Å². The van der Waals surface area contributed by atoms with E-state index in [2.05, 4.69) is 26.8 Å². The van der Waals surface area contributed by atoms with E-state index in [0.29, 0.717) is 11.3 Å². The number of alkyl halides is 2. The summed E-state index contributed by atoms with van der Waals surface area (Å²) in [4.78, 5) is 25.7. The van der Waals surface area contributed by atoms with E-state index in [4.69, 9.17) is 0 Å². The van der Waals surface area contributed by atoms with Crippen LogP contribution in [0.25, 0.3) is 10.9 Å². The molecule has 8 heteroatoms. The van der Waals surface area contributed by atoms with Crippen molar-refractivity contribution in [2.24, 2.45) is 5.92 Å². The van der Waals surface area contributed by atoms with Gasteiger partial charge in [-0.3, -0.25) is 4.79 Å². The highest BCUT2D eigenvalue weighted by atomic mass is 32.1. The van der Waals surface area contributed by atoms with Crippen LogP contribution in [0.2, 0.25) is 0 Å². The second kappa shape index (κ2) is 9.67. The number of ketones is 1. The first-order chi connectivity index (χ1) is 15.3. The summed E-state index contributed by atoms with van der Waals surface area (Å²) in [6.45, 7) is 5.17. The van der Waals surface area contributed by atoms with E-state index in [1.54, 1.807) is 6.20 Å². The van der Waals surface area contributed by atoms with Gasteiger partial charge in [-0.15, -0.1) is 0 Å². The molecular weight excluding hydrogens is 430 g/mol. The summed E-state index contributed by atoms with van der Waals surface area (Å²) in [6.07, 6.45) is 3.51. The number of likely N-dealkylation sites (N-methyl/N-ethyl adjacent to an activating group) is 1. The molecule has 172 valence electrons. The van der Waals surface area contributed by atoms with Gasteiger partial charge in [0, 0.05) is 62.5 Å². The molecular formula is C24H30F2N4OS. The van der Waals surface area contributed by atoms with E-state index in [1.807, 2.05) is 30.5 Å². The molecule has 32 heavy (non-hydrogen) atoms. The number of carbonyl (C=O) groups is 1. The van der Waals surface area contributed by atoms with E-state index in [1.165, 1.54) is 18.3 Å². The number of benzene rings is 1. The molecule has 3 aromatic rings. The van der Waals surface area contributed by atoms with Gasteiger partial charge in [-0.1, -0.05) is 36.5 Å². The van der Waals surface area contributed by atoms with Crippen LogP contribution in [0.3, 0.4) is 0 Å². The molecule has 1 fully saturated rings. The Morgan fingerprint density at radius 1 is 1.25 bits per heavy atom. The van der Waals surface area contributed by atoms with Crippen LogP contribution in [0, 0.1) is 5.92 Å².